The van der Waals surface area contributed by atoms with E-state index < -0.39 is 7.12 Å². The molecule has 1 amide bonds. The molecule has 0 unspecified atom stereocenters. The molecular weight excluding hydrogens is 233 g/mol. The van der Waals surface area contributed by atoms with Crippen LogP contribution in [-0.4, -0.2) is 32.5 Å². The van der Waals surface area contributed by atoms with Gasteiger partial charge >= 0.3 is 7.12 Å². The minimum absolute atomic E-state index is 0.000762. The maximum Gasteiger partial charge on any atom is 0.489 e. The van der Waals surface area contributed by atoms with Crippen molar-refractivity contribution in [2.45, 2.75) is 12.8 Å². The van der Waals surface area contributed by atoms with Crippen LogP contribution in [0.1, 0.15) is 12.8 Å². The van der Waals surface area contributed by atoms with Gasteiger partial charge < -0.3 is 19.8 Å². The quantitative estimate of drug-likeness (QED) is 0.628. The zero-order valence-electron chi connectivity index (χ0n) is 9.58. The first kappa shape index (κ1) is 11.2. The SMILES string of the molecule is O=C(Nc1cn2cc(B(O)O)ccc2n1)C1CC1. The molecule has 18 heavy (non-hydrogen) atoms. The van der Waals surface area contributed by atoms with E-state index in [0.717, 1.165) is 12.8 Å². The molecule has 1 fully saturated rings. The Morgan fingerprint density at radius 2 is 2.17 bits per heavy atom. The van der Waals surface area contributed by atoms with Gasteiger partial charge in [-0.3, -0.25) is 4.79 Å². The number of nitrogens with zero attached hydrogens (tertiary/aromatic N) is 2. The smallest absolute Gasteiger partial charge is 0.423 e. The first-order valence-electron chi connectivity index (χ1n) is 5.79. The summed E-state index contributed by atoms with van der Waals surface area (Å²) in [6, 6.07) is 3.25. The predicted molar refractivity (Wildman–Crippen MR) is 66.4 cm³/mol. The molecule has 1 aliphatic carbocycles. The molecule has 0 atom stereocenters. The first-order chi connectivity index (χ1) is 8.63. The van der Waals surface area contributed by atoms with E-state index in [-0.39, 0.29) is 11.8 Å². The molecule has 2 aromatic rings. The van der Waals surface area contributed by atoms with Crippen LogP contribution in [0.4, 0.5) is 5.82 Å². The minimum atomic E-state index is -1.51. The first-order valence-corrected chi connectivity index (χ1v) is 5.79. The molecule has 0 saturated heterocycles. The Hall–Kier alpha value is -1.86. The van der Waals surface area contributed by atoms with E-state index in [1.54, 1.807) is 28.9 Å². The summed E-state index contributed by atoms with van der Waals surface area (Å²) in [5, 5.41) is 20.9. The normalized spacial score (nSPS) is 14.8. The Bertz CT molecular complexity index is 607. The van der Waals surface area contributed by atoms with Crippen LogP contribution in [0.3, 0.4) is 0 Å². The third kappa shape index (κ3) is 2.10. The van der Waals surface area contributed by atoms with Gasteiger partial charge in [-0.15, -0.1) is 0 Å². The van der Waals surface area contributed by atoms with Crippen molar-refractivity contribution in [3.63, 3.8) is 0 Å². The van der Waals surface area contributed by atoms with Gasteiger partial charge in [0.15, 0.2) is 5.82 Å². The summed E-state index contributed by atoms with van der Waals surface area (Å²) in [6.45, 7) is 0. The summed E-state index contributed by atoms with van der Waals surface area (Å²) < 4.78 is 1.65. The number of hydrogen-bond acceptors (Lipinski definition) is 4. The maximum absolute atomic E-state index is 11.6. The van der Waals surface area contributed by atoms with E-state index in [9.17, 15) is 4.79 Å². The van der Waals surface area contributed by atoms with E-state index in [1.165, 1.54) is 0 Å². The zero-order valence-corrected chi connectivity index (χ0v) is 9.58. The van der Waals surface area contributed by atoms with Crippen LogP contribution < -0.4 is 10.8 Å². The van der Waals surface area contributed by atoms with Crippen molar-refractivity contribution in [2.75, 3.05) is 5.32 Å². The van der Waals surface area contributed by atoms with Crippen LogP contribution in [-0.2, 0) is 4.79 Å². The number of anilines is 1. The van der Waals surface area contributed by atoms with Crippen LogP contribution in [0, 0.1) is 5.92 Å². The summed E-state index contributed by atoms with van der Waals surface area (Å²) in [5.41, 5.74) is 1.02. The Labute approximate surface area is 103 Å². The highest BCUT2D eigenvalue weighted by Gasteiger charge is 2.30. The van der Waals surface area contributed by atoms with Crippen LogP contribution in [0.5, 0.6) is 0 Å². The van der Waals surface area contributed by atoms with Gasteiger partial charge in [0, 0.05) is 12.1 Å². The Morgan fingerprint density at radius 3 is 2.83 bits per heavy atom. The van der Waals surface area contributed by atoms with E-state index >= 15 is 0 Å². The number of imidazole rings is 1. The summed E-state index contributed by atoms with van der Waals surface area (Å²) in [4.78, 5) is 15.8. The van der Waals surface area contributed by atoms with Gasteiger partial charge in [0.25, 0.3) is 0 Å². The third-order valence-electron chi connectivity index (χ3n) is 2.97. The van der Waals surface area contributed by atoms with Gasteiger partial charge in [-0.05, 0) is 24.4 Å². The molecule has 7 heteroatoms. The third-order valence-corrected chi connectivity index (χ3v) is 2.97. The highest BCUT2D eigenvalue weighted by Crippen LogP contribution is 2.30. The molecule has 3 rings (SSSR count). The molecule has 3 N–H and O–H groups in total. The summed E-state index contributed by atoms with van der Waals surface area (Å²) in [7, 11) is -1.51. The number of amides is 1. The summed E-state index contributed by atoms with van der Waals surface area (Å²) >= 11 is 0. The molecule has 0 bridgehead atoms. The second kappa shape index (κ2) is 4.11. The van der Waals surface area contributed by atoms with Crippen molar-refractivity contribution in [2.24, 2.45) is 5.92 Å². The fraction of sp³-hybridized carbons (Fsp3) is 0.273. The largest absolute Gasteiger partial charge is 0.489 e. The minimum Gasteiger partial charge on any atom is -0.423 e. The lowest BCUT2D eigenvalue weighted by atomic mass is 9.82. The number of hydrogen-bond donors (Lipinski definition) is 3. The zero-order chi connectivity index (χ0) is 12.7. The molecule has 0 aromatic carbocycles. The van der Waals surface area contributed by atoms with Crippen molar-refractivity contribution in [1.29, 1.82) is 0 Å². The van der Waals surface area contributed by atoms with E-state index in [2.05, 4.69) is 10.3 Å². The van der Waals surface area contributed by atoms with Crippen molar-refractivity contribution < 1.29 is 14.8 Å². The summed E-state index contributed by atoms with van der Waals surface area (Å²) in [5.74, 6) is 0.613. The number of nitrogens with one attached hydrogen (secondary N) is 1. The number of rotatable bonds is 3. The highest BCUT2D eigenvalue weighted by molar-refractivity contribution is 6.58. The van der Waals surface area contributed by atoms with E-state index in [1.807, 2.05) is 0 Å². The number of fused-ring (bicyclic) bond motifs is 1. The predicted octanol–water partition coefficient (Wildman–Crippen LogP) is -0.637. The highest BCUT2D eigenvalue weighted by atomic mass is 16.4. The monoisotopic (exact) mass is 245 g/mol. The van der Waals surface area contributed by atoms with Crippen LogP contribution in [0.2, 0.25) is 0 Å². The lowest BCUT2D eigenvalue weighted by molar-refractivity contribution is -0.117. The lowest BCUT2D eigenvalue weighted by Gasteiger charge is -1.99. The summed E-state index contributed by atoms with van der Waals surface area (Å²) in [6.07, 6.45) is 5.11. The molecular formula is C11H12BN3O3. The van der Waals surface area contributed by atoms with Gasteiger partial charge in [0.2, 0.25) is 5.91 Å². The van der Waals surface area contributed by atoms with Crippen LogP contribution in [0.25, 0.3) is 5.65 Å². The number of carbonyl (C=O) groups is 1. The number of carbonyl (C=O) groups excluding carboxylic acids is 1. The van der Waals surface area contributed by atoms with Crippen molar-refractivity contribution in [3.05, 3.63) is 24.5 Å². The fourth-order valence-corrected chi connectivity index (χ4v) is 1.80. The van der Waals surface area contributed by atoms with Gasteiger partial charge in [-0.25, -0.2) is 4.98 Å². The molecule has 0 radical (unpaired) electrons. The standard InChI is InChI=1S/C11H12BN3O3/c16-11(7-1-2-7)14-9-6-15-5-8(12(17)18)3-4-10(15)13-9/h3-7,17-18H,1-2H2,(H,14,16). The Morgan fingerprint density at radius 1 is 1.39 bits per heavy atom. The van der Waals surface area contributed by atoms with Gasteiger partial charge in [-0.2, -0.15) is 0 Å². The number of pyridine rings is 1. The molecule has 2 heterocycles. The molecule has 92 valence electrons. The van der Waals surface area contributed by atoms with Gasteiger partial charge in [0.1, 0.15) is 5.65 Å². The Balaban J connectivity index is 1.87. The topological polar surface area (TPSA) is 86.9 Å². The second-order valence-electron chi connectivity index (χ2n) is 4.49. The van der Waals surface area contributed by atoms with Crippen LogP contribution >= 0.6 is 0 Å². The van der Waals surface area contributed by atoms with Gasteiger partial charge in [0.05, 0.1) is 6.20 Å². The molecule has 0 aliphatic heterocycles. The van der Waals surface area contributed by atoms with E-state index in [4.69, 9.17) is 10.0 Å². The molecule has 6 nitrogen and oxygen atoms in total. The van der Waals surface area contributed by atoms with Crippen molar-refractivity contribution in [1.82, 2.24) is 9.38 Å². The maximum atomic E-state index is 11.6. The lowest BCUT2D eigenvalue weighted by Crippen LogP contribution is -2.30. The molecule has 0 spiro atoms. The number of aromatic nitrogens is 2. The van der Waals surface area contributed by atoms with Gasteiger partial charge in [-0.1, -0.05) is 6.07 Å². The average Bonchev–Trinajstić information content (AvgIpc) is 3.09. The van der Waals surface area contributed by atoms with E-state index in [0.29, 0.717) is 16.9 Å². The molecule has 1 aliphatic rings. The molecule has 1 saturated carbocycles. The van der Waals surface area contributed by atoms with Crippen molar-refractivity contribution >= 4 is 30.0 Å². The van der Waals surface area contributed by atoms with Crippen molar-refractivity contribution in [3.8, 4) is 0 Å². The average molecular weight is 245 g/mol. The Kier molecular flexibility index (Phi) is 2.57. The molecule has 2 aromatic heterocycles. The van der Waals surface area contributed by atoms with Crippen LogP contribution in [0.15, 0.2) is 24.5 Å². The second-order valence-corrected chi connectivity index (χ2v) is 4.49. The fourth-order valence-electron chi connectivity index (χ4n) is 1.80.